The van der Waals surface area contributed by atoms with Crippen molar-refractivity contribution < 1.29 is 23.9 Å². The molecular weight excluding hydrogens is 705 g/mol. The third-order valence-corrected chi connectivity index (χ3v) is 8.39. The Morgan fingerprint density at radius 1 is 1.02 bits per heavy atom. The minimum atomic E-state index is -0.662. The van der Waals surface area contributed by atoms with E-state index >= 15 is 0 Å². The van der Waals surface area contributed by atoms with Gasteiger partial charge in [0.25, 0.3) is 17.7 Å². The number of likely N-dealkylation sites (N-methyl/N-ethyl adjacent to an activating group) is 1. The SMILES string of the molecule is CCCC(Oc1cc(C)ccc1N(C)C(=O)c1ccc(NC(=O)c2cccc3[nH]c(CN)nc23)c(OC)c1)C(=O)N1CCN(C)CC1.Cl.Cl.Cl. The molecule has 5 rings (SSSR count). The highest BCUT2D eigenvalue weighted by Gasteiger charge is 2.29. The molecule has 0 spiro atoms. The van der Waals surface area contributed by atoms with E-state index in [1.54, 1.807) is 37.4 Å². The van der Waals surface area contributed by atoms with Gasteiger partial charge in [-0.3, -0.25) is 14.4 Å². The lowest BCUT2D eigenvalue weighted by atomic mass is 10.1. The standard InChI is InChI=1S/C35H43N7O5.3ClH/c1-6-8-28(35(45)42-17-15-40(3)16-18-42)47-30-19-22(2)11-14-27(30)41(4)34(44)23-12-13-25(29(20-23)46-5)38-33(43)24-9-7-10-26-32(24)39-31(21-36)37-26;;;/h7,9-14,19-20,28H,6,8,15-18,21,36H2,1-5H3,(H,37,39)(H,38,43);3*1H. The summed E-state index contributed by atoms with van der Waals surface area (Å²) in [4.78, 5) is 53.8. The molecule has 2 heterocycles. The van der Waals surface area contributed by atoms with Gasteiger partial charge in [0.1, 0.15) is 22.8 Å². The molecule has 0 saturated carbocycles. The number of para-hydroxylation sites is 1. The van der Waals surface area contributed by atoms with Crippen molar-refractivity contribution >= 4 is 77.4 Å². The van der Waals surface area contributed by atoms with E-state index in [1.165, 1.54) is 12.0 Å². The molecule has 0 bridgehead atoms. The molecule has 1 unspecified atom stereocenters. The van der Waals surface area contributed by atoms with Crippen molar-refractivity contribution in [2.24, 2.45) is 5.73 Å². The molecule has 1 aromatic heterocycles. The van der Waals surface area contributed by atoms with Gasteiger partial charge in [-0.25, -0.2) is 4.98 Å². The smallest absolute Gasteiger partial charge is 0.263 e. The minimum absolute atomic E-state index is 0. The molecule has 15 heteroatoms. The molecule has 4 N–H and O–H groups in total. The van der Waals surface area contributed by atoms with Crippen molar-refractivity contribution in [3.05, 3.63) is 77.1 Å². The number of benzene rings is 3. The lowest BCUT2D eigenvalue weighted by molar-refractivity contribution is -0.140. The largest absolute Gasteiger partial charge is 0.495 e. The average molecular weight is 751 g/mol. The predicted octanol–water partition coefficient (Wildman–Crippen LogP) is 5.45. The van der Waals surface area contributed by atoms with Crippen LogP contribution in [0.3, 0.4) is 0 Å². The van der Waals surface area contributed by atoms with Crippen molar-refractivity contribution in [2.45, 2.75) is 39.3 Å². The number of aryl methyl sites for hydroxylation is 1. The maximum absolute atomic E-state index is 13.8. The second kappa shape index (κ2) is 18.8. The zero-order valence-corrected chi connectivity index (χ0v) is 31.3. The van der Waals surface area contributed by atoms with Crippen LogP contribution < -0.4 is 25.4 Å². The average Bonchev–Trinajstić information content (AvgIpc) is 3.51. The summed E-state index contributed by atoms with van der Waals surface area (Å²) in [5.41, 5.74) is 9.54. The number of aromatic amines is 1. The number of fused-ring (bicyclic) bond motifs is 1. The Kier molecular flexibility index (Phi) is 15.8. The summed E-state index contributed by atoms with van der Waals surface area (Å²) in [6.45, 7) is 7.14. The number of ether oxygens (including phenoxy) is 2. The number of rotatable bonds is 11. The van der Waals surface area contributed by atoms with Crippen LogP contribution in [0.2, 0.25) is 0 Å². The second-order valence-electron chi connectivity index (χ2n) is 11.8. The van der Waals surface area contributed by atoms with Gasteiger partial charge in [-0.05, 0) is 68.4 Å². The number of nitrogens with zero attached hydrogens (tertiary/aromatic N) is 4. The highest BCUT2D eigenvalue weighted by atomic mass is 35.5. The normalized spacial score (nSPS) is 13.3. The molecule has 4 aromatic rings. The van der Waals surface area contributed by atoms with Gasteiger partial charge in [-0.1, -0.05) is 25.5 Å². The number of methoxy groups -OCH3 is 1. The number of halogens is 3. The molecule has 272 valence electrons. The topological polar surface area (TPSA) is 146 Å². The third-order valence-electron chi connectivity index (χ3n) is 8.39. The first-order valence-corrected chi connectivity index (χ1v) is 15.8. The minimum Gasteiger partial charge on any atom is -0.495 e. The van der Waals surface area contributed by atoms with Crippen LogP contribution in [0.5, 0.6) is 11.5 Å². The molecular formula is C35H46Cl3N7O5. The zero-order chi connectivity index (χ0) is 33.7. The lowest BCUT2D eigenvalue weighted by Crippen LogP contribution is -2.51. The Morgan fingerprint density at radius 2 is 1.74 bits per heavy atom. The van der Waals surface area contributed by atoms with Gasteiger partial charge in [0.15, 0.2) is 6.10 Å². The van der Waals surface area contributed by atoms with Crippen molar-refractivity contribution in [2.75, 3.05) is 57.6 Å². The van der Waals surface area contributed by atoms with Crippen molar-refractivity contribution in [3.63, 3.8) is 0 Å². The van der Waals surface area contributed by atoms with E-state index in [4.69, 9.17) is 15.2 Å². The van der Waals surface area contributed by atoms with E-state index < -0.39 is 6.10 Å². The van der Waals surface area contributed by atoms with Gasteiger partial charge in [0.05, 0.1) is 36.1 Å². The number of aromatic nitrogens is 2. The molecule has 50 heavy (non-hydrogen) atoms. The van der Waals surface area contributed by atoms with Crippen LogP contribution in [0.4, 0.5) is 11.4 Å². The number of piperazine rings is 1. The number of amides is 3. The Morgan fingerprint density at radius 3 is 2.40 bits per heavy atom. The van der Waals surface area contributed by atoms with Gasteiger partial charge in [0, 0.05) is 38.8 Å². The number of anilines is 2. The second-order valence-corrected chi connectivity index (χ2v) is 11.8. The number of H-pyrrole nitrogens is 1. The zero-order valence-electron chi connectivity index (χ0n) is 28.9. The number of carbonyl (C=O) groups is 3. The van der Waals surface area contributed by atoms with Crippen LogP contribution in [0.25, 0.3) is 11.0 Å². The Balaban J connectivity index is 0.00000289. The quantitative estimate of drug-likeness (QED) is 0.184. The predicted molar refractivity (Wildman–Crippen MR) is 204 cm³/mol. The Bertz CT molecular complexity index is 1780. The van der Waals surface area contributed by atoms with Crippen molar-refractivity contribution in [1.82, 2.24) is 19.8 Å². The summed E-state index contributed by atoms with van der Waals surface area (Å²) < 4.78 is 12.0. The van der Waals surface area contributed by atoms with E-state index in [0.717, 1.165) is 25.1 Å². The van der Waals surface area contributed by atoms with E-state index in [-0.39, 0.29) is 61.5 Å². The molecule has 1 fully saturated rings. The molecule has 12 nitrogen and oxygen atoms in total. The van der Waals surface area contributed by atoms with Crippen LogP contribution in [-0.2, 0) is 11.3 Å². The number of nitrogens with two attached hydrogens (primary N) is 1. The monoisotopic (exact) mass is 749 g/mol. The fraction of sp³-hybridized carbons (Fsp3) is 0.371. The summed E-state index contributed by atoms with van der Waals surface area (Å²) >= 11 is 0. The molecule has 0 radical (unpaired) electrons. The van der Waals surface area contributed by atoms with Gasteiger partial charge >= 0.3 is 0 Å². The van der Waals surface area contributed by atoms with Gasteiger partial charge in [0.2, 0.25) is 0 Å². The molecule has 3 amide bonds. The lowest BCUT2D eigenvalue weighted by Gasteiger charge is -2.35. The van der Waals surface area contributed by atoms with Crippen LogP contribution >= 0.6 is 37.2 Å². The molecule has 1 aliphatic heterocycles. The fourth-order valence-electron chi connectivity index (χ4n) is 5.65. The summed E-state index contributed by atoms with van der Waals surface area (Å²) in [6, 6.07) is 15.7. The Labute approximate surface area is 311 Å². The number of nitrogens with one attached hydrogen (secondary N) is 2. The Hall–Kier alpha value is -4.07. The first kappa shape index (κ1) is 42.1. The van der Waals surface area contributed by atoms with Gasteiger partial charge in [-0.15, -0.1) is 37.2 Å². The number of hydrogen-bond acceptors (Lipinski definition) is 8. The van der Waals surface area contributed by atoms with Crippen LogP contribution in [-0.4, -0.2) is 91.0 Å². The van der Waals surface area contributed by atoms with Crippen LogP contribution in [0.15, 0.2) is 54.6 Å². The fourth-order valence-corrected chi connectivity index (χ4v) is 5.65. The van der Waals surface area contributed by atoms with Crippen LogP contribution in [0.1, 0.15) is 51.9 Å². The maximum Gasteiger partial charge on any atom is 0.263 e. The van der Waals surface area contributed by atoms with Gasteiger partial charge < -0.3 is 40.2 Å². The highest BCUT2D eigenvalue weighted by molar-refractivity contribution is 6.12. The summed E-state index contributed by atoms with van der Waals surface area (Å²) in [5, 5.41) is 2.88. The molecule has 1 atom stereocenters. The van der Waals surface area contributed by atoms with E-state index in [2.05, 4.69) is 20.2 Å². The molecule has 0 aliphatic carbocycles. The van der Waals surface area contributed by atoms with Crippen molar-refractivity contribution in [1.29, 1.82) is 0 Å². The summed E-state index contributed by atoms with van der Waals surface area (Å²) in [6.07, 6.45) is 0.669. The molecule has 1 saturated heterocycles. The summed E-state index contributed by atoms with van der Waals surface area (Å²) in [7, 11) is 5.19. The highest BCUT2D eigenvalue weighted by Crippen LogP contribution is 2.33. The molecule has 3 aromatic carbocycles. The number of carbonyl (C=O) groups excluding carboxylic acids is 3. The van der Waals surface area contributed by atoms with Crippen molar-refractivity contribution in [3.8, 4) is 11.5 Å². The van der Waals surface area contributed by atoms with E-state index in [1.807, 2.05) is 50.1 Å². The summed E-state index contributed by atoms with van der Waals surface area (Å²) in [5.74, 6) is 0.623. The molecule has 1 aliphatic rings. The number of imidazole rings is 1. The first-order chi connectivity index (χ1) is 22.6. The number of hydrogen-bond donors (Lipinski definition) is 3. The van der Waals surface area contributed by atoms with E-state index in [0.29, 0.717) is 70.4 Å². The van der Waals surface area contributed by atoms with E-state index in [9.17, 15) is 14.4 Å². The van der Waals surface area contributed by atoms with Gasteiger partial charge in [-0.2, -0.15) is 0 Å². The first-order valence-electron chi connectivity index (χ1n) is 15.8. The maximum atomic E-state index is 13.8. The van der Waals surface area contributed by atoms with Crippen LogP contribution in [0, 0.1) is 6.92 Å². The third kappa shape index (κ3) is 9.37.